The van der Waals surface area contributed by atoms with E-state index in [0.29, 0.717) is 0 Å². The van der Waals surface area contributed by atoms with Crippen molar-refractivity contribution in [2.45, 2.75) is 45.1 Å². The van der Waals surface area contributed by atoms with Crippen LogP contribution in [0.15, 0.2) is 35.5 Å². The summed E-state index contributed by atoms with van der Waals surface area (Å²) in [7, 11) is 0. The molecule has 172 valence electrons. The third-order valence-corrected chi connectivity index (χ3v) is 5.03. The van der Waals surface area contributed by atoms with Crippen molar-refractivity contribution in [1.29, 1.82) is 0 Å². The van der Waals surface area contributed by atoms with Crippen LogP contribution in [0.5, 0.6) is 5.75 Å². The van der Waals surface area contributed by atoms with E-state index in [9.17, 15) is 26.7 Å². The predicted molar refractivity (Wildman–Crippen MR) is 104 cm³/mol. The van der Waals surface area contributed by atoms with E-state index < -0.39 is 41.9 Å². The molecule has 0 saturated heterocycles. The number of hydrogen-bond donors (Lipinski definition) is 2. The zero-order chi connectivity index (χ0) is 23.8. The fourth-order valence-corrected chi connectivity index (χ4v) is 3.22. The summed E-state index contributed by atoms with van der Waals surface area (Å²) < 4.78 is 75.5. The summed E-state index contributed by atoms with van der Waals surface area (Å²) in [6.45, 7) is 1.09. The highest BCUT2D eigenvalue weighted by atomic mass is 19.3. The average Bonchev–Trinajstić information content (AvgIpc) is 2.67. The number of nitrogens with one attached hydrogen (secondary N) is 1. The number of ether oxygens (including phenoxy) is 2. The lowest BCUT2D eigenvalue weighted by molar-refractivity contribution is -0.231. The summed E-state index contributed by atoms with van der Waals surface area (Å²) in [5.74, 6) is -2.80. The van der Waals surface area contributed by atoms with Crippen molar-refractivity contribution in [2.24, 2.45) is 10.7 Å². The van der Waals surface area contributed by atoms with E-state index in [0.717, 1.165) is 12.3 Å². The molecule has 1 amide bonds. The maximum atomic E-state index is 14.6. The number of rotatable bonds is 5. The number of pyridine rings is 1. The third kappa shape index (κ3) is 4.49. The number of nitrogens with zero attached hydrogens (tertiary/aromatic N) is 2. The highest BCUT2D eigenvalue weighted by Crippen LogP contribution is 2.40. The molecule has 12 heteroatoms. The Morgan fingerprint density at radius 1 is 1.31 bits per heavy atom. The van der Waals surface area contributed by atoms with E-state index in [1.54, 1.807) is 0 Å². The van der Waals surface area contributed by atoms with E-state index in [-0.39, 0.29) is 28.3 Å². The van der Waals surface area contributed by atoms with Gasteiger partial charge in [-0.15, -0.1) is 0 Å². The van der Waals surface area contributed by atoms with Crippen LogP contribution in [-0.4, -0.2) is 35.6 Å². The molecule has 0 radical (unpaired) electrons. The molecule has 2 heterocycles. The van der Waals surface area contributed by atoms with Crippen molar-refractivity contribution < 1.29 is 36.2 Å². The molecule has 1 aliphatic rings. The highest BCUT2D eigenvalue weighted by molar-refractivity contribution is 6.03. The number of anilines is 1. The van der Waals surface area contributed by atoms with E-state index in [2.05, 4.69) is 24.8 Å². The summed E-state index contributed by atoms with van der Waals surface area (Å²) >= 11 is 0. The number of carbonyl (C=O) groups excluding carboxylic acids is 1. The highest BCUT2D eigenvalue weighted by Gasteiger charge is 2.50. The minimum atomic E-state index is -3.79. The summed E-state index contributed by atoms with van der Waals surface area (Å²) in [4.78, 5) is 20.2. The molecule has 0 fully saturated rings. The topological polar surface area (TPSA) is 98.8 Å². The first-order valence-electron chi connectivity index (χ1n) is 9.27. The fraction of sp³-hybridized carbons (Fsp3) is 0.350. The van der Waals surface area contributed by atoms with E-state index in [1.165, 1.54) is 39.0 Å². The maximum Gasteiger partial charge on any atom is 0.415 e. The molecule has 3 rings (SSSR count). The minimum absolute atomic E-state index is 0.0834. The number of aromatic nitrogens is 1. The number of nitrogens with two attached hydrogens (primary N) is 1. The maximum absolute atomic E-state index is 14.6. The number of amides is 1. The largest absolute Gasteiger partial charge is 0.433 e. The van der Waals surface area contributed by atoms with Gasteiger partial charge in [-0.25, -0.2) is 9.37 Å². The van der Waals surface area contributed by atoms with Crippen LogP contribution >= 0.6 is 0 Å². The number of carbonyl (C=O) groups is 1. The Bertz CT molecular complexity index is 1080. The standard InChI is InChI=1S/C20H19F5N4O3/c1-9-6-12(31-18(22)23)8-27-15(9)16(30)28-11-4-5-14(21)13(7-11)19(3)10(2)32-20(24,25)17(26)29-19/h4-8,10,18H,1-3H3,(H2,26,29)(H,28,30). The van der Waals surface area contributed by atoms with Gasteiger partial charge in [-0.3, -0.25) is 9.79 Å². The monoisotopic (exact) mass is 458 g/mol. The van der Waals surface area contributed by atoms with Crippen LogP contribution in [0.2, 0.25) is 0 Å². The molecule has 2 atom stereocenters. The second-order valence-corrected chi connectivity index (χ2v) is 7.29. The van der Waals surface area contributed by atoms with E-state index >= 15 is 0 Å². The Hall–Kier alpha value is -3.28. The van der Waals surface area contributed by atoms with Gasteiger partial charge in [-0.1, -0.05) is 0 Å². The van der Waals surface area contributed by atoms with Gasteiger partial charge in [-0.2, -0.15) is 17.6 Å². The van der Waals surface area contributed by atoms with Crippen LogP contribution in [0.25, 0.3) is 0 Å². The molecule has 32 heavy (non-hydrogen) atoms. The van der Waals surface area contributed by atoms with E-state index in [1.807, 2.05) is 0 Å². The second kappa shape index (κ2) is 8.34. The van der Waals surface area contributed by atoms with Crippen molar-refractivity contribution in [1.82, 2.24) is 4.98 Å². The van der Waals surface area contributed by atoms with Gasteiger partial charge in [0.2, 0.25) is 0 Å². The molecule has 1 aliphatic heterocycles. The van der Waals surface area contributed by atoms with Gasteiger partial charge in [0.15, 0.2) is 5.84 Å². The van der Waals surface area contributed by atoms with Crippen molar-refractivity contribution in [2.75, 3.05) is 5.32 Å². The smallest absolute Gasteiger partial charge is 0.415 e. The molecule has 0 bridgehead atoms. The molecular weight excluding hydrogens is 439 g/mol. The van der Waals surface area contributed by atoms with Crippen molar-refractivity contribution >= 4 is 17.4 Å². The first-order chi connectivity index (χ1) is 14.8. The van der Waals surface area contributed by atoms with Gasteiger partial charge in [0, 0.05) is 11.3 Å². The number of amidine groups is 1. The number of aliphatic imine (C=N–C) groups is 1. The number of hydrogen-bond acceptors (Lipinski definition) is 6. The van der Waals surface area contributed by atoms with Crippen LogP contribution in [0, 0.1) is 12.7 Å². The van der Waals surface area contributed by atoms with Crippen LogP contribution in [0.3, 0.4) is 0 Å². The summed E-state index contributed by atoms with van der Waals surface area (Å²) in [6, 6.07) is 4.71. The van der Waals surface area contributed by atoms with Gasteiger partial charge in [0.25, 0.3) is 5.91 Å². The quantitative estimate of drug-likeness (QED) is 0.661. The van der Waals surface area contributed by atoms with Crippen LogP contribution < -0.4 is 15.8 Å². The molecule has 7 nitrogen and oxygen atoms in total. The number of aryl methyl sites for hydroxylation is 1. The van der Waals surface area contributed by atoms with Gasteiger partial charge < -0.3 is 20.5 Å². The minimum Gasteiger partial charge on any atom is -0.433 e. The van der Waals surface area contributed by atoms with Crippen LogP contribution in [-0.2, 0) is 10.3 Å². The molecule has 2 aromatic rings. The normalized spacial score (nSPS) is 22.4. The Balaban J connectivity index is 1.90. The fourth-order valence-electron chi connectivity index (χ4n) is 3.22. The first-order valence-corrected chi connectivity index (χ1v) is 9.27. The number of alkyl halides is 4. The summed E-state index contributed by atoms with van der Waals surface area (Å²) in [5, 5.41) is 2.50. The molecule has 0 saturated carbocycles. The zero-order valence-electron chi connectivity index (χ0n) is 17.1. The Morgan fingerprint density at radius 3 is 2.62 bits per heavy atom. The van der Waals surface area contributed by atoms with Crippen LogP contribution in [0.1, 0.15) is 35.5 Å². The van der Waals surface area contributed by atoms with Gasteiger partial charge >= 0.3 is 12.7 Å². The van der Waals surface area contributed by atoms with Gasteiger partial charge in [-0.05, 0) is 50.6 Å². The SMILES string of the molecule is Cc1cc(OC(F)F)cnc1C(=O)Nc1ccc(F)c(C2(C)N=C(N)C(F)(F)OC2C)c1. The molecule has 2 unspecified atom stereocenters. The van der Waals surface area contributed by atoms with Crippen molar-refractivity contribution in [3.05, 3.63) is 53.1 Å². The predicted octanol–water partition coefficient (Wildman–Crippen LogP) is 3.97. The number of benzene rings is 1. The molecule has 0 aliphatic carbocycles. The molecule has 1 aromatic heterocycles. The van der Waals surface area contributed by atoms with Gasteiger partial charge in [0.05, 0.1) is 12.3 Å². The van der Waals surface area contributed by atoms with Crippen molar-refractivity contribution in [3.8, 4) is 5.75 Å². The Kier molecular flexibility index (Phi) is 6.09. The lowest BCUT2D eigenvalue weighted by Gasteiger charge is -2.39. The molecular formula is C20H19F5N4O3. The van der Waals surface area contributed by atoms with Crippen molar-refractivity contribution in [3.63, 3.8) is 0 Å². The number of halogens is 5. The first kappa shape index (κ1) is 23.4. The third-order valence-electron chi connectivity index (χ3n) is 5.03. The summed E-state index contributed by atoms with van der Waals surface area (Å²) in [6.07, 6.45) is -4.08. The average molecular weight is 458 g/mol. The zero-order valence-corrected chi connectivity index (χ0v) is 17.1. The lowest BCUT2D eigenvalue weighted by atomic mass is 9.86. The molecule has 0 spiro atoms. The lowest BCUT2D eigenvalue weighted by Crippen LogP contribution is -2.52. The molecule has 3 N–H and O–H groups in total. The second-order valence-electron chi connectivity index (χ2n) is 7.29. The molecule has 1 aromatic carbocycles. The summed E-state index contributed by atoms with van der Waals surface area (Å²) in [5.41, 5.74) is 3.86. The Morgan fingerprint density at radius 2 is 2.00 bits per heavy atom. The Labute approximate surface area is 179 Å². The van der Waals surface area contributed by atoms with Crippen LogP contribution in [0.4, 0.5) is 27.6 Å². The van der Waals surface area contributed by atoms with Gasteiger partial charge in [0.1, 0.15) is 22.8 Å². The van der Waals surface area contributed by atoms with E-state index in [4.69, 9.17) is 5.73 Å².